The van der Waals surface area contributed by atoms with Crippen molar-refractivity contribution in [3.05, 3.63) is 29.2 Å². The van der Waals surface area contributed by atoms with Gasteiger partial charge in [0, 0.05) is 23.6 Å². The summed E-state index contributed by atoms with van der Waals surface area (Å²) in [5.74, 6) is -0.734. The highest BCUT2D eigenvalue weighted by Crippen LogP contribution is 2.36. The number of hydrogen-bond acceptors (Lipinski definition) is 3. The van der Waals surface area contributed by atoms with E-state index in [-0.39, 0.29) is 23.6 Å². The van der Waals surface area contributed by atoms with Gasteiger partial charge in [0.15, 0.2) is 17.3 Å². The fourth-order valence-corrected chi connectivity index (χ4v) is 3.05. The van der Waals surface area contributed by atoms with Crippen LogP contribution in [0.5, 0.6) is 0 Å². The summed E-state index contributed by atoms with van der Waals surface area (Å²) in [5, 5.41) is 3.37. The van der Waals surface area contributed by atoms with Gasteiger partial charge in [-0.2, -0.15) is 4.39 Å². The molecule has 0 amide bonds. The van der Waals surface area contributed by atoms with E-state index in [4.69, 9.17) is 4.42 Å². The summed E-state index contributed by atoms with van der Waals surface area (Å²) in [5.41, 5.74) is 0.508. The Bertz CT molecular complexity index is 717. The molecule has 0 aliphatic heterocycles. The average molecular weight is 322 g/mol. The molecule has 1 aromatic heterocycles. The highest BCUT2D eigenvalue weighted by atomic mass is 19.2. The van der Waals surface area contributed by atoms with Crippen LogP contribution in [0.3, 0.4) is 0 Å². The lowest BCUT2D eigenvalue weighted by Crippen LogP contribution is -2.48. The van der Waals surface area contributed by atoms with Crippen molar-refractivity contribution in [3.63, 3.8) is 0 Å². The topological polar surface area (TPSA) is 38.1 Å². The molecule has 0 spiro atoms. The van der Waals surface area contributed by atoms with E-state index in [9.17, 15) is 8.78 Å². The minimum absolute atomic E-state index is 0.0315. The van der Waals surface area contributed by atoms with Crippen molar-refractivity contribution in [2.75, 3.05) is 0 Å². The maximum absolute atomic E-state index is 14.3. The highest BCUT2D eigenvalue weighted by Gasteiger charge is 2.33. The molecule has 1 aliphatic rings. The predicted molar refractivity (Wildman–Crippen MR) is 86.3 cm³/mol. The molecule has 5 heteroatoms. The third-order valence-electron chi connectivity index (χ3n) is 5.01. The van der Waals surface area contributed by atoms with E-state index in [1.54, 1.807) is 6.07 Å². The maximum atomic E-state index is 14.3. The van der Waals surface area contributed by atoms with Crippen molar-refractivity contribution in [1.29, 1.82) is 0 Å². The van der Waals surface area contributed by atoms with Gasteiger partial charge in [-0.25, -0.2) is 9.37 Å². The molecular formula is C18H24F2N2O. The van der Waals surface area contributed by atoms with Crippen LogP contribution in [0.15, 0.2) is 10.5 Å². The number of nitrogens with one attached hydrogen (secondary N) is 1. The Kier molecular flexibility index (Phi) is 4.17. The quantitative estimate of drug-likeness (QED) is 0.851. The molecule has 0 radical (unpaired) electrons. The number of fused-ring (bicyclic) bond motifs is 1. The highest BCUT2D eigenvalue weighted by molar-refractivity contribution is 5.74. The zero-order chi connectivity index (χ0) is 16.8. The van der Waals surface area contributed by atoms with Crippen molar-refractivity contribution in [2.45, 2.75) is 65.0 Å². The van der Waals surface area contributed by atoms with E-state index in [0.29, 0.717) is 22.9 Å². The third kappa shape index (κ3) is 2.99. The number of hydrogen-bond donors (Lipinski definition) is 1. The molecule has 1 saturated carbocycles. The summed E-state index contributed by atoms with van der Waals surface area (Å²) in [6, 6.07) is 1.59. The van der Waals surface area contributed by atoms with Crippen molar-refractivity contribution in [1.82, 2.24) is 10.3 Å². The summed E-state index contributed by atoms with van der Waals surface area (Å²) < 4.78 is 33.9. The Hall–Kier alpha value is -1.49. The fourth-order valence-electron chi connectivity index (χ4n) is 3.05. The van der Waals surface area contributed by atoms with Gasteiger partial charge < -0.3 is 9.73 Å². The van der Waals surface area contributed by atoms with E-state index in [1.165, 1.54) is 19.3 Å². The number of aromatic nitrogens is 1. The van der Waals surface area contributed by atoms with Gasteiger partial charge in [-0.05, 0) is 38.7 Å². The molecule has 1 aromatic carbocycles. The second-order valence-electron chi connectivity index (χ2n) is 7.42. The molecule has 3 nitrogen and oxygen atoms in total. The van der Waals surface area contributed by atoms with E-state index in [2.05, 4.69) is 24.1 Å². The van der Waals surface area contributed by atoms with Gasteiger partial charge in [-0.15, -0.1) is 0 Å². The molecule has 0 saturated heterocycles. The zero-order valence-corrected chi connectivity index (χ0v) is 14.2. The second kappa shape index (κ2) is 5.86. The van der Waals surface area contributed by atoms with Crippen LogP contribution in [0.4, 0.5) is 8.78 Å². The fraction of sp³-hybridized carbons (Fsp3) is 0.611. The average Bonchev–Trinajstić information content (AvgIpc) is 2.83. The van der Waals surface area contributed by atoms with Gasteiger partial charge >= 0.3 is 0 Å². The number of benzene rings is 1. The van der Waals surface area contributed by atoms with Gasteiger partial charge in [-0.3, -0.25) is 0 Å². The number of rotatable bonds is 5. The van der Waals surface area contributed by atoms with Crippen LogP contribution in [0.25, 0.3) is 11.1 Å². The van der Waals surface area contributed by atoms with Crippen LogP contribution in [0, 0.1) is 17.6 Å². The smallest absolute Gasteiger partial charge is 0.203 e. The molecule has 0 bridgehead atoms. The van der Waals surface area contributed by atoms with Crippen molar-refractivity contribution in [2.24, 2.45) is 5.92 Å². The van der Waals surface area contributed by atoms with Crippen LogP contribution < -0.4 is 5.32 Å². The van der Waals surface area contributed by atoms with E-state index >= 15 is 0 Å². The first-order valence-corrected chi connectivity index (χ1v) is 8.32. The molecule has 23 heavy (non-hydrogen) atoms. The van der Waals surface area contributed by atoms with Gasteiger partial charge in [0.1, 0.15) is 5.52 Å². The van der Waals surface area contributed by atoms with Crippen molar-refractivity contribution >= 4 is 11.1 Å². The summed E-state index contributed by atoms with van der Waals surface area (Å²) in [7, 11) is 0. The molecular weight excluding hydrogens is 298 g/mol. The van der Waals surface area contributed by atoms with Crippen LogP contribution in [-0.4, -0.2) is 10.5 Å². The second-order valence-corrected chi connectivity index (χ2v) is 7.42. The Labute approximate surface area is 135 Å². The van der Waals surface area contributed by atoms with Crippen LogP contribution in [0.1, 0.15) is 64.3 Å². The van der Waals surface area contributed by atoms with E-state index < -0.39 is 11.6 Å². The predicted octanol–water partition coefficient (Wildman–Crippen LogP) is 4.90. The Morgan fingerprint density at radius 1 is 1.30 bits per heavy atom. The number of halogens is 2. The molecule has 1 heterocycles. The molecule has 2 aromatic rings. The first kappa shape index (κ1) is 16.4. The maximum Gasteiger partial charge on any atom is 0.203 e. The third-order valence-corrected chi connectivity index (χ3v) is 5.01. The molecule has 3 rings (SSSR count). The SMILES string of the molecule is CC(C)c1nc2cc(CNC(C)(C)C3CCC3)c(F)c(F)c2o1. The van der Waals surface area contributed by atoms with E-state index in [0.717, 1.165) is 0 Å². The van der Waals surface area contributed by atoms with Gasteiger partial charge in [0.25, 0.3) is 0 Å². The standard InChI is InChI=1S/C18H24F2N2O/c1-10(2)17-22-13-8-11(14(19)15(20)16(13)23-17)9-21-18(3,4)12-6-5-7-12/h8,10,12,21H,5-7,9H2,1-4H3. The summed E-state index contributed by atoms with van der Waals surface area (Å²) in [4.78, 5) is 4.28. The molecule has 1 N–H and O–H groups in total. The summed E-state index contributed by atoms with van der Waals surface area (Å²) in [6.07, 6.45) is 3.63. The van der Waals surface area contributed by atoms with Crippen molar-refractivity contribution < 1.29 is 13.2 Å². The van der Waals surface area contributed by atoms with Crippen LogP contribution >= 0.6 is 0 Å². The molecule has 0 atom stereocenters. The largest absolute Gasteiger partial charge is 0.437 e. The van der Waals surface area contributed by atoms with Crippen LogP contribution in [0.2, 0.25) is 0 Å². The molecule has 0 unspecified atom stereocenters. The minimum atomic E-state index is -0.944. The molecule has 1 aliphatic carbocycles. The number of nitrogens with zero attached hydrogens (tertiary/aromatic N) is 1. The zero-order valence-electron chi connectivity index (χ0n) is 14.2. The summed E-state index contributed by atoms with van der Waals surface area (Å²) >= 11 is 0. The Morgan fingerprint density at radius 3 is 2.57 bits per heavy atom. The lowest BCUT2D eigenvalue weighted by molar-refractivity contribution is 0.156. The minimum Gasteiger partial charge on any atom is -0.437 e. The number of oxazole rings is 1. The summed E-state index contributed by atoms with van der Waals surface area (Å²) in [6.45, 7) is 8.34. The normalized spacial score (nSPS) is 16.3. The van der Waals surface area contributed by atoms with Gasteiger partial charge in [-0.1, -0.05) is 20.3 Å². The Morgan fingerprint density at radius 2 is 2.00 bits per heavy atom. The first-order chi connectivity index (χ1) is 10.8. The van der Waals surface area contributed by atoms with Gasteiger partial charge in [0.05, 0.1) is 0 Å². The van der Waals surface area contributed by atoms with Gasteiger partial charge in [0.2, 0.25) is 5.82 Å². The van der Waals surface area contributed by atoms with Crippen LogP contribution in [-0.2, 0) is 6.54 Å². The molecule has 1 fully saturated rings. The monoisotopic (exact) mass is 322 g/mol. The Balaban J connectivity index is 1.87. The lowest BCUT2D eigenvalue weighted by Gasteiger charge is -2.41. The van der Waals surface area contributed by atoms with E-state index in [1.807, 2.05) is 13.8 Å². The lowest BCUT2D eigenvalue weighted by atomic mass is 9.72. The first-order valence-electron chi connectivity index (χ1n) is 8.32. The molecule has 126 valence electrons. The van der Waals surface area contributed by atoms with Crippen molar-refractivity contribution in [3.8, 4) is 0 Å².